The Bertz CT molecular complexity index is 621. The zero-order valence-corrected chi connectivity index (χ0v) is 13.0. The maximum Gasteiger partial charge on any atom is 0.167 e. The molecule has 0 atom stereocenters. The molecule has 0 aliphatic heterocycles. The van der Waals surface area contributed by atoms with Crippen molar-refractivity contribution in [2.75, 3.05) is 0 Å². The second kappa shape index (κ2) is 6.23. The van der Waals surface area contributed by atoms with Gasteiger partial charge in [-0.05, 0) is 22.1 Å². The lowest BCUT2D eigenvalue weighted by Crippen LogP contribution is -2.12. The molecule has 0 heterocycles. The zero-order valence-electron chi connectivity index (χ0n) is 13.0. The van der Waals surface area contributed by atoms with Gasteiger partial charge in [0.15, 0.2) is 5.78 Å². The van der Waals surface area contributed by atoms with Crippen molar-refractivity contribution in [3.63, 3.8) is 0 Å². The van der Waals surface area contributed by atoms with Gasteiger partial charge in [0.25, 0.3) is 0 Å². The first kappa shape index (κ1) is 15.5. The van der Waals surface area contributed by atoms with Crippen LogP contribution in [0.15, 0.2) is 48.5 Å². The molecule has 2 rings (SSSR count). The summed E-state index contributed by atoms with van der Waals surface area (Å²) in [5, 5.41) is 0. The number of benzene rings is 2. The van der Waals surface area contributed by atoms with E-state index in [0.717, 1.165) is 16.7 Å². The Labute approximate surface area is 127 Å². The van der Waals surface area contributed by atoms with E-state index in [9.17, 15) is 4.79 Å². The van der Waals surface area contributed by atoms with Crippen LogP contribution in [0.1, 0.15) is 47.8 Å². The van der Waals surface area contributed by atoms with Crippen LogP contribution < -0.4 is 5.73 Å². The maximum atomic E-state index is 12.4. The molecule has 21 heavy (non-hydrogen) atoms. The summed E-state index contributed by atoms with van der Waals surface area (Å²) in [4.78, 5) is 12.4. The highest BCUT2D eigenvalue weighted by atomic mass is 16.1. The van der Waals surface area contributed by atoms with E-state index >= 15 is 0 Å². The molecule has 0 fully saturated rings. The largest absolute Gasteiger partial charge is 0.326 e. The zero-order chi connectivity index (χ0) is 15.5. The smallest absolute Gasteiger partial charge is 0.167 e. The number of rotatable bonds is 4. The number of carbonyl (C=O) groups excluding carboxylic acids is 1. The molecule has 2 aromatic rings. The summed E-state index contributed by atoms with van der Waals surface area (Å²) in [5.74, 6) is 0.136. The fraction of sp³-hybridized carbons (Fsp3) is 0.316. The molecule has 0 radical (unpaired) electrons. The van der Waals surface area contributed by atoms with Crippen molar-refractivity contribution < 1.29 is 4.79 Å². The predicted octanol–water partition coefficient (Wildman–Crippen LogP) is 3.87. The molecule has 0 saturated heterocycles. The average Bonchev–Trinajstić information content (AvgIpc) is 2.47. The lowest BCUT2D eigenvalue weighted by Gasteiger charge is -2.19. The topological polar surface area (TPSA) is 43.1 Å². The molecule has 2 N–H and O–H groups in total. The highest BCUT2D eigenvalue weighted by Gasteiger charge is 2.15. The van der Waals surface area contributed by atoms with Gasteiger partial charge in [-0.3, -0.25) is 4.79 Å². The summed E-state index contributed by atoms with van der Waals surface area (Å²) in [6.45, 7) is 6.97. The van der Waals surface area contributed by atoms with Gasteiger partial charge in [-0.15, -0.1) is 0 Å². The van der Waals surface area contributed by atoms with Crippen LogP contribution in [-0.2, 0) is 18.4 Å². The van der Waals surface area contributed by atoms with Gasteiger partial charge in [0.2, 0.25) is 0 Å². The molecule has 2 nitrogen and oxygen atoms in total. The third kappa shape index (κ3) is 3.79. The van der Waals surface area contributed by atoms with Crippen LogP contribution in [-0.4, -0.2) is 5.78 Å². The van der Waals surface area contributed by atoms with Gasteiger partial charge < -0.3 is 5.73 Å². The van der Waals surface area contributed by atoms with E-state index in [4.69, 9.17) is 5.73 Å². The van der Waals surface area contributed by atoms with Crippen LogP contribution in [0.4, 0.5) is 0 Å². The molecule has 0 spiro atoms. The van der Waals surface area contributed by atoms with Crippen LogP contribution in [0.25, 0.3) is 0 Å². The monoisotopic (exact) mass is 281 g/mol. The fourth-order valence-electron chi connectivity index (χ4n) is 2.36. The van der Waals surface area contributed by atoms with Gasteiger partial charge >= 0.3 is 0 Å². The van der Waals surface area contributed by atoms with Crippen molar-refractivity contribution in [1.82, 2.24) is 0 Å². The SMILES string of the molecule is CC(C)(C)c1ccc(C(=O)Cc2ccccc2CN)cc1. The quantitative estimate of drug-likeness (QED) is 0.865. The van der Waals surface area contributed by atoms with Crippen LogP contribution in [0.3, 0.4) is 0 Å². The molecule has 0 bridgehead atoms. The number of nitrogens with two attached hydrogens (primary N) is 1. The Morgan fingerprint density at radius 3 is 2.05 bits per heavy atom. The molecule has 0 aromatic heterocycles. The molecular weight excluding hydrogens is 258 g/mol. The summed E-state index contributed by atoms with van der Waals surface area (Å²) in [5.41, 5.74) is 9.88. The molecule has 0 aliphatic carbocycles. The third-order valence-corrected chi connectivity index (χ3v) is 3.76. The minimum Gasteiger partial charge on any atom is -0.326 e. The van der Waals surface area contributed by atoms with Crippen molar-refractivity contribution in [3.8, 4) is 0 Å². The van der Waals surface area contributed by atoms with E-state index in [1.807, 2.05) is 48.5 Å². The molecule has 110 valence electrons. The van der Waals surface area contributed by atoms with Gasteiger partial charge in [0, 0.05) is 18.5 Å². The number of hydrogen-bond donors (Lipinski definition) is 1. The first-order chi connectivity index (χ1) is 9.91. The fourth-order valence-corrected chi connectivity index (χ4v) is 2.36. The molecule has 0 saturated carbocycles. The van der Waals surface area contributed by atoms with E-state index < -0.39 is 0 Å². The van der Waals surface area contributed by atoms with Crippen molar-refractivity contribution in [1.29, 1.82) is 0 Å². The highest BCUT2D eigenvalue weighted by molar-refractivity contribution is 5.97. The van der Waals surface area contributed by atoms with Crippen LogP contribution in [0, 0.1) is 0 Å². The van der Waals surface area contributed by atoms with E-state index in [1.54, 1.807) is 0 Å². The molecule has 0 amide bonds. The summed E-state index contributed by atoms with van der Waals surface area (Å²) in [6.07, 6.45) is 0.405. The maximum absolute atomic E-state index is 12.4. The van der Waals surface area contributed by atoms with Crippen molar-refractivity contribution in [2.24, 2.45) is 5.73 Å². The van der Waals surface area contributed by atoms with Gasteiger partial charge in [-0.2, -0.15) is 0 Å². The number of Topliss-reactive ketones (excluding diaryl/α,β-unsaturated/α-hetero) is 1. The highest BCUT2D eigenvalue weighted by Crippen LogP contribution is 2.22. The Hall–Kier alpha value is -1.93. The molecule has 0 unspecified atom stereocenters. The lowest BCUT2D eigenvalue weighted by atomic mass is 9.86. The van der Waals surface area contributed by atoms with Gasteiger partial charge in [-0.25, -0.2) is 0 Å². The Morgan fingerprint density at radius 1 is 0.952 bits per heavy atom. The van der Waals surface area contributed by atoms with Crippen molar-refractivity contribution >= 4 is 5.78 Å². The molecule has 0 aliphatic rings. The van der Waals surface area contributed by atoms with E-state index in [0.29, 0.717) is 13.0 Å². The Kier molecular flexibility index (Phi) is 4.59. The second-order valence-electron chi connectivity index (χ2n) is 6.40. The van der Waals surface area contributed by atoms with Gasteiger partial charge in [-0.1, -0.05) is 69.3 Å². The molecule has 2 heteroatoms. The predicted molar refractivity (Wildman–Crippen MR) is 87.5 cm³/mol. The minimum atomic E-state index is 0.105. The number of carbonyl (C=O) groups is 1. The summed E-state index contributed by atoms with van der Waals surface area (Å²) in [6, 6.07) is 15.8. The van der Waals surface area contributed by atoms with Crippen molar-refractivity contribution in [2.45, 2.75) is 39.2 Å². The molecule has 2 aromatic carbocycles. The average molecular weight is 281 g/mol. The van der Waals surface area contributed by atoms with E-state index in [1.165, 1.54) is 5.56 Å². The van der Waals surface area contributed by atoms with Gasteiger partial charge in [0.1, 0.15) is 0 Å². The van der Waals surface area contributed by atoms with Crippen LogP contribution >= 0.6 is 0 Å². The number of hydrogen-bond acceptors (Lipinski definition) is 2. The number of ketones is 1. The van der Waals surface area contributed by atoms with Crippen LogP contribution in [0.5, 0.6) is 0 Å². The van der Waals surface area contributed by atoms with Crippen LogP contribution in [0.2, 0.25) is 0 Å². The minimum absolute atomic E-state index is 0.105. The van der Waals surface area contributed by atoms with Gasteiger partial charge in [0.05, 0.1) is 0 Å². The third-order valence-electron chi connectivity index (χ3n) is 3.76. The summed E-state index contributed by atoms with van der Waals surface area (Å²) >= 11 is 0. The first-order valence-corrected chi connectivity index (χ1v) is 7.32. The summed E-state index contributed by atoms with van der Waals surface area (Å²) < 4.78 is 0. The summed E-state index contributed by atoms with van der Waals surface area (Å²) in [7, 11) is 0. The molecular formula is C19H23NO. The first-order valence-electron chi connectivity index (χ1n) is 7.32. The van der Waals surface area contributed by atoms with E-state index in [2.05, 4.69) is 20.8 Å². The van der Waals surface area contributed by atoms with E-state index in [-0.39, 0.29) is 11.2 Å². The van der Waals surface area contributed by atoms with Crippen molar-refractivity contribution in [3.05, 3.63) is 70.8 Å². The normalized spacial score (nSPS) is 11.4. The Morgan fingerprint density at radius 2 is 1.52 bits per heavy atom. The standard InChI is InChI=1S/C19H23NO/c1-19(2,3)17-10-8-14(9-11-17)18(21)12-15-6-4-5-7-16(15)13-20/h4-11H,12-13,20H2,1-3H3. The Balaban J connectivity index is 2.17. The lowest BCUT2D eigenvalue weighted by molar-refractivity contribution is 0.0992. The second-order valence-corrected chi connectivity index (χ2v) is 6.40.